The van der Waals surface area contributed by atoms with E-state index in [1.807, 2.05) is 0 Å². The van der Waals surface area contributed by atoms with E-state index in [-0.39, 0.29) is 17.4 Å². The second-order valence-electron chi connectivity index (χ2n) is 6.51. The number of carbonyl (C=O) groups excluding carboxylic acids is 1. The lowest BCUT2D eigenvalue weighted by Gasteiger charge is -2.15. The fraction of sp³-hybridized carbons (Fsp3) is 0.263. The van der Waals surface area contributed by atoms with Crippen molar-refractivity contribution in [2.45, 2.75) is 32.4 Å². The standard InChI is InChI=1S/C19H16F3N3O2/c1-10-6-11(14-9-23-16-8-12(20)4-5-25(14)16)7-15(27-19(21)22)17(10)18(26)24-13-2-3-13/h4-9,13,19H,2-3H2,1H3,(H,24,26). The van der Waals surface area contributed by atoms with Gasteiger partial charge in [0.25, 0.3) is 5.91 Å². The molecule has 0 radical (unpaired) electrons. The van der Waals surface area contributed by atoms with Crippen LogP contribution in [0.25, 0.3) is 16.9 Å². The average Bonchev–Trinajstić information content (AvgIpc) is 3.30. The predicted molar refractivity (Wildman–Crippen MR) is 92.4 cm³/mol. The lowest BCUT2D eigenvalue weighted by atomic mass is 10.0. The summed E-state index contributed by atoms with van der Waals surface area (Å²) in [5.74, 6) is -1.06. The summed E-state index contributed by atoms with van der Waals surface area (Å²) in [6.45, 7) is -1.41. The Labute approximate surface area is 152 Å². The van der Waals surface area contributed by atoms with E-state index in [1.54, 1.807) is 17.4 Å². The zero-order valence-corrected chi connectivity index (χ0v) is 14.4. The summed E-state index contributed by atoms with van der Waals surface area (Å²) in [5.41, 5.74) is 2.07. The molecule has 4 rings (SSSR count). The molecule has 8 heteroatoms. The molecule has 0 aliphatic heterocycles. The van der Waals surface area contributed by atoms with Crippen molar-refractivity contribution < 1.29 is 22.7 Å². The molecule has 0 atom stereocenters. The summed E-state index contributed by atoms with van der Waals surface area (Å²) < 4.78 is 45.5. The normalized spacial score (nSPS) is 14.0. The third kappa shape index (κ3) is 3.47. The van der Waals surface area contributed by atoms with Gasteiger partial charge in [0.15, 0.2) is 0 Å². The molecular formula is C19H16F3N3O2. The van der Waals surface area contributed by atoms with Crippen LogP contribution in [0.5, 0.6) is 5.75 Å². The molecule has 27 heavy (non-hydrogen) atoms. The van der Waals surface area contributed by atoms with Crippen molar-refractivity contribution in [1.29, 1.82) is 0 Å². The zero-order valence-electron chi connectivity index (χ0n) is 14.4. The molecule has 1 fully saturated rings. The van der Waals surface area contributed by atoms with Crippen LogP contribution in [0.15, 0.2) is 36.7 Å². The van der Waals surface area contributed by atoms with E-state index >= 15 is 0 Å². The minimum atomic E-state index is -3.07. The van der Waals surface area contributed by atoms with Gasteiger partial charge in [-0.25, -0.2) is 9.37 Å². The summed E-state index contributed by atoms with van der Waals surface area (Å²) >= 11 is 0. The highest BCUT2D eigenvalue weighted by molar-refractivity contribution is 5.99. The molecule has 0 bridgehead atoms. The maximum absolute atomic E-state index is 13.4. The number of benzene rings is 1. The number of amides is 1. The minimum absolute atomic E-state index is 0.0876. The van der Waals surface area contributed by atoms with E-state index in [0.717, 1.165) is 12.8 Å². The monoisotopic (exact) mass is 375 g/mol. The quantitative estimate of drug-likeness (QED) is 0.735. The van der Waals surface area contributed by atoms with Gasteiger partial charge in [0.2, 0.25) is 0 Å². The van der Waals surface area contributed by atoms with Crippen LogP contribution < -0.4 is 10.1 Å². The Hall–Kier alpha value is -3.03. The molecule has 0 unspecified atom stereocenters. The fourth-order valence-corrected chi connectivity index (χ4v) is 3.04. The van der Waals surface area contributed by atoms with Crippen LogP contribution in [0, 0.1) is 12.7 Å². The molecule has 140 valence electrons. The van der Waals surface area contributed by atoms with Gasteiger partial charge in [-0.1, -0.05) is 0 Å². The van der Waals surface area contributed by atoms with Crippen molar-refractivity contribution in [1.82, 2.24) is 14.7 Å². The predicted octanol–water partition coefficient (Wildman–Crippen LogP) is 3.94. The summed E-state index contributed by atoms with van der Waals surface area (Å²) in [6.07, 6.45) is 4.78. The van der Waals surface area contributed by atoms with Crippen LogP contribution in [-0.2, 0) is 0 Å². The highest BCUT2D eigenvalue weighted by atomic mass is 19.3. The first-order valence-electron chi connectivity index (χ1n) is 8.45. The van der Waals surface area contributed by atoms with Gasteiger partial charge in [0.05, 0.1) is 17.5 Å². The van der Waals surface area contributed by atoms with Crippen LogP contribution in [0.1, 0.15) is 28.8 Å². The minimum Gasteiger partial charge on any atom is -0.434 e. The number of ether oxygens (including phenoxy) is 1. The Morgan fingerprint density at radius 3 is 2.81 bits per heavy atom. The number of fused-ring (bicyclic) bond motifs is 1. The largest absolute Gasteiger partial charge is 0.434 e. The number of nitrogens with one attached hydrogen (secondary N) is 1. The first-order valence-corrected chi connectivity index (χ1v) is 8.45. The number of carbonyl (C=O) groups is 1. The SMILES string of the molecule is Cc1cc(-c2cnc3cc(F)ccn23)cc(OC(F)F)c1C(=O)NC1CC1. The number of hydrogen-bond acceptors (Lipinski definition) is 3. The first kappa shape index (κ1) is 17.4. The molecule has 2 heterocycles. The molecule has 1 saturated carbocycles. The van der Waals surface area contributed by atoms with Gasteiger partial charge < -0.3 is 10.1 Å². The van der Waals surface area contributed by atoms with Gasteiger partial charge in [-0.2, -0.15) is 8.78 Å². The number of rotatable bonds is 5. The number of hydrogen-bond donors (Lipinski definition) is 1. The van der Waals surface area contributed by atoms with E-state index in [1.165, 1.54) is 30.6 Å². The smallest absolute Gasteiger partial charge is 0.387 e. The van der Waals surface area contributed by atoms with Crippen molar-refractivity contribution >= 4 is 11.6 Å². The molecule has 0 saturated heterocycles. The van der Waals surface area contributed by atoms with Gasteiger partial charge in [0, 0.05) is 23.9 Å². The Bertz CT molecular complexity index is 1030. The van der Waals surface area contributed by atoms with E-state index in [9.17, 15) is 18.0 Å². The van der Waals surface area contributed by atoms with Crippen LogP contribution >= 0.6 is 0 Å². The van der Waals surface area contributed by atoms with Gasteiger partial charge >= 0.3 is 6.61 Å². The number of nitrogens with zero attached hydrogens (tertiary/aromatic N) is 2. The number of halogens is 3. The second kappa shape index (κ2) is 6.61. The van der Waals surface area contributed by atoms with Crippen molar-refractivity contribution in [3.05, 3.63) is 53.6 Å². The summed E-state index contributed by atoms with van der Waals surface area (Å²) in [6, 6.07) is 5.72. The fourth-order valence-electron chi connectivity index (χ4n) is 3.04. The van der Waals surface area contributed by atoms with Crippen LogP contribution in [-0.4, -0.2) is 27.9 Å². The highest BCUT2D eigenvalue weighted by Gasteiger charge is 2.27. The molecule has 5 nitrogen and oxygen atoms in total. The molecule has 3 aromatic rings. The maximum Gasteiger partial charge on any atom is 0.387 e. The van der Waals surface area contributed by atoms with Gasteiger partial charge in [-0.15, -0.1) is 0 Å². The molecular weight excluding hydrogens is 359 g/mol. The molecule has 0 spiro atoms. The average molecular weight is 375 g/mol. The summed E-state index contributed by atoms with van der Waals surface area (Å²) in [7, 11) is 0. The van der Waals surface area contributed by atoms with Gasteiger partial charge in [-0.3, -0.25) is 9.20 Å². The van der Waals surface area contributed by atoms with Crippen molar-refractivity contribution in [3.63, 3.8) is 0 Å². The molecule has 1 amide bonds. The molecule has 1 aromatic carbocycles. The number of imidazole rings is 1. The number of pyridine rings is 1. The molecule has 1 aliphatic rings. The van der Waals surface area contributed by atoms with Gasteiger partial charge in [-0.05, 0) is 43.5 Å². The van der Waals surface area contributed by atoms with Crippen LogP contribution in [0.4, 0.5) is 13.2 Å². The van der Waals surface area contributed by atoms with Gasteiger partial charge in [0.1, 0.15) is 17.2 Å². The Morgan fingerprint density at radius 1 is 1.33 bits per heavy atom. The second-order valence-corrected chi connectivity index (χ2v) is 6.51. The van der Waals surface area contributed by atoms with Crippen molar-refractivity contribution in [3.8, 4) is 17.0 Å². The van der Waals surface area contributed by atoms with E-state index in [2.05, 4.69) is 15.0 Å². The van der Waals surface area contributed by atoms with Crippen LogP contribution in [0.3, 0.4) is 0 Å². The Kier molecular flexibility index (Phi) is 4.25. The topological polar surface area (TPSA) is 55.6 Å². The third-order valence-corrected chi connectivity index (χ3v) is 4.43. The Morgan fingerprint density at radius 2 is 2.11 bits per heavy atom. The molecule has 1 aliphatic carbocycles. The number of alkyl halides is 2. The lowest BCUT2D eigenvalue weighted by molar-refractivity contribution is -0.0501. The van der Waals surface area contributed by atoms with Crippen molar-refractivity contribution in [2.24, 2.45) is 0 Å². The highest BCUT2D eigenvalue weighted by Crippen LogP contribution is 2.33. The third-order valence-electron chi connectivity index (χ3n) is 4.43. The lowest BCUT2D eigenvalue weighted by Crippen LogP contribution is -2.27. The van der Waals surface area contributed by atoms with E-state index < -0.39 is 18.3 Å². The van der Waals surface area contributed by atoms with Crippen LogP contribution in [0.2, 0.25) is 0 Å². The zero-order chi connectivity index (χ0) is 19.1. The van der Waals surface area contributed by atoms with Crippen molar-refractivity contribution in [2.75, 3.05) is 0 Å². The molecule has 2 aromatic heterocycles. The Balaban J connectivity index is 1.81. The molecule has 1 N–H and O–H groups in total. The summed E-state index contributed by atoms with van der Waals surface area (Å²) in [5, 5.41) is 2.79. The number of aryl methyl sites for hydroxylation is 1. The van der Waals surface area contributed by atoms with E-state index in [4.69, 9.17) is 0 Å². The first-order chi connectivity index (χ1) is 12.9. The number of aromatic nitrogens is 2. The maximum atomic E-state index is 13.4. The van der Waals surface area contributed by atoms with E-state index in [0.29, 0.717) is 22.5 Å². The summed E-state index contributed by atoms with van der Waals surface area (Å²) in [4.78, 5) is 16.6.